The minimum atomic E-state index is 0.117. The molecule has 0 aliphatic heterocycles. The Hall–Kier alpha value is -1.46. The van der Waals surface area contributed by atoms with Gasteiger partial charge in [-0.1, -0.05) is 6.92 Å². The first-order valence-electron chi connectivity index (χ1n) is 7.27. The molecule has 0 amide bonds. The molecule has 21 heavy (non-hydrogen) atoms. The lowest BCUT2D eigenvalue weighted by atomic mass is 10.1. The average Bonchev–Trinajstić information content (AvgIpc) is 2.76. The quantitative estimate of drug-likeness (QED) is 0.889. The van der Waals surface area contributed by atoms with Crippen LogP contribution in [0.4, 0.5) is 0 Å². The van der Waals surface area contributed by atoms with Gasteiger partial charge >= 0.3 is 0 Å². The second kappa shape index (κ2) is 7.00. The topological polar surface area (TPSA) is 61.0 Å². The highest BCUT2D eigenvalue weighted by Gasteiger charge is 2.11. The summed E-state index contributed by atoms with van der Waals surface area (Å²) in [5.74, 6) is 0.815. The van der Waals surface area contributed by atoms with Crippen molar-refractivity contribution in [2.75, 3.05) is 0 Å². The minimum Gasteiger partial charge on any atom is -0.485 e. The zero-order valence-electron chi connectivity index (χ0n) is 13.1. The number of hydrogen-bond acceptors (Lipinski definition) is 5. The van der Waals surface area contributed by atoms with Crippen molar-refractivity contribution in [3.63, 3.8) is 0 Å². The molecule has 2 N–H and O–H groups in total. The van der Waals surface area contributed by atoms with Gasteiger partial charge in [0.05, 0.1) is 11.4 Å². The summed E-state index contributed by atoms with van der Waals surface area (Å²) in [4.78, 5) is 10.3. The van der Waals surface area contributed by atoms with Gasteiger partial charge in [-0.3, -0.25) is 4.98 Å². The number of pyridine rings is 1. The third-order valence-electron chi connectivity index (χ3n) is 3.48. The predicted octanol–water partition coefficient (Wildman–Crippen LogP) is 3.32. The molecular formula is C16H23N3OS. The normalized spacial score (nSPS) is 12.4. The van der Waals surface area contributed by atoms with Crippen LogP contribution in [-0.4, -0.2) is 16.0 Å². The van der Waals surface area contributed by atoms with Crippen LogP contribution < -0.4 is 10.5 Å². The third-order valence-corrected chi connectivity index (χ3v) is 4.52. The molecule has 0 aliphatic carbocycles. The summed E-state index contributed by atoms with van der Waals surface area (Å²) in [6.45, 7) is 8.66. The van der Waals surface area contributed by atoms with E-state index in [1.54, 1.807) is 11.3 Å². The molecule has 2 aromatic rings. The third kappa shape index (κ3) is 4.25. The first-order valence-corrected chi connectivity index (χ1v) is 8.09. The maximum absolute atomic E-state index is 6.05. The van der Waals surface area contributed by atoms with E-state index in [4.69, 9.17) is 10.5 Å². The van der Waals surface area contributed by atoms with Crippen molar-refractivity contribution in [2.24, 2.45) is 5.73 Å². The Balaban J connectivity index is 2.11. The first-order chi connectivity index (χ1) is 9.99. The van der Waals surface area contributed by atoms with E-state index in [9.17, 15) is 0 Å². The van der Waals surface area contributed by atoms with Gasteiger partial charge in [0.25, 0.3) is 0 Å². The van der Waals surface area contributed by atoms with Gasteiger partial charge in [0.2, 0.25) is 0 Å². The molecule has 0 radical (unpaired) electrons. The molecule has 5 heteroatoms. The maximum atomic E-state index is 6.05. The van der Waals surface area contributed by atoms with Crippen LogP contribution in [0.2, 0.25) is 0 Å². The van der Waals surface area contributed by atoms with Crippen LogP contribution in [0.15, 0.2) is 12.1 Å². The van der Waals surface area contributed by atoms with Gasteiger partial charge in [0.15, 0.2) is 0 Å². The van der Waals surface area contributed by atoms with Crippen molar-refractivity contribution in [1.82, 2.24) is 9.97 Å². The van der Waals surface area contributed by atoms with E-state index in [-0.39, 0.29) is 6.04 Å². The van der Waals surface area contributed by atoms with Crippen LogP contribution in [0.25, 0.3) is 0 Å². The molecule has 2 rings (SSSR count). The van der Waals surface area contributed by atoms with Crippen LogP contribution in [0.3, 0.4) is 0 Å². The second-order valence-electron chi connectivity index (χ2n) is 5.31. The van der Waals surface area contributed by atoms with E-state index in [0.717, 1.165) is 40.7 Å². The molecule has 0 aromatic carbocycles. The number of nitrogens with two attached hydrogens (primary N) is 1. The van der Waals surface area contributed by atoms with E-state index < -0.39 is 0 Å². The Morgan fingerprint density at radius 3 is 2.62 bits per heavy atom. The second-order valence-corrected chi connectivity index (χ2v) is 6.60. The van der Waals surface area contributed by atoms with E-state index in [1.165, 1.54) is 4.88 Å². The highest BCUT2D eigenvalue weighted by molar-refractivity contribution is 7.11. The van der Waals surface area contributed by atoms with Gasteiger partial charge in [0, 0.05) is 23.0 Å². The highest BCUT2D eigenvalue weighted by atomic mass is 32.1. The number of nitrogens with zero attached hydrogens (tertiary/aromatic N) is 2. The van der Waals surface area contributed by atoms with Crippen molar-refractivity contribution in [3.8, 4) is 5.75 Å². The maximum Gasteiger partial charge on any atom is 0.141 e. The van der Waals surface area contributed by atoms with Crippen LogP contribution >= 0.6 is 11.3 Å². The standard InChI is InChI=1S/C16H23N3OS/c1-5-13(17)8-14-15(7-6-10(2)18-14)20-9-16-19-11(3)12(4)21-16/h6-7,13H,5,8-9,17H2,1-4H3. The molecule has 2 aromatic heterocycles. The lowest BCUT2D eigenvalue weighted by Crippen LogP contribution is -2.22. The molecule has 0 saturated carbocycles. The van der Waals surface area contributed by atoms with Crippen LogP contribution in [0, 0.1) is 20.8 Å². The van der Waals surface area contributed by atoms with Gasteiger partial charge in [0.1, 0.15) is 17.4 Å². The van der Waals surface area contributed by atoms with Crippen molar-refractivity contribution in [1.29, 1.82) is 0 Å². The lowest BCUT2D eigenvalue weighted by Gasteiger charge is -2.13. The van der Waals surface area contributed by atoms with Crippen molar-refractivity contribution in [3.05, 3.63) is 39.1 Å². The number of rotatable bonds is 6. The predicted molar refractivity (Wildman–Crippen MR) is 86.9 cm³/mol. The molecule has 0 bridgehead atoms. The zero-order valence-corrected chi connectivity index (χ0v) is 14.0. The Bertz CT molecular complexity index is 590. The van der Waals surface area contributed by atoms with Crippen molar-refractivity contribution in [2.45, 2.75) is 53.2 Å². The number of hydrogen-bond donors (Lipinski definition) is 1. The van der Waals surface area contributed by atoms with E-state index in [0.29, 0.717) is 6.61 Å². The Morgan fingerprint density at radius 2 is 2.00 bits per heavy atom. The minimum absolute atomic E-state index is 0.117. The molecule has 0 saturated heterocycles. The fraction of sp³-hybridized carbons (Fsp3) is 0.500. The smallest absolute Gasteiger partial charge is 0.141 e. The summed E-state index contributed by atoms with van der Waals surface area (Å²) >= 11 is 1.68. The van der Waals surface area contributed by atoms with E-state index in [1.807, 2.05) is 26.0 Å². The fourth-order valence-corrected chi connectivity index (χ4v) is 2.86. The molecule has 0 spiro atoms. The fourth-order valence-electron chi connectivity index (χ4n) is 2.01. The summed E-state index contributed by atoms with van der Waals surface area (Å²) in [5.41, 5.74) is 9.05. The molecule has 0 fully saturated rings. The van der Waals surface area contributed by atoms with Crippen molar-refractivity contribution < 1.29 is 4.74 Å². The van der Waals surface area contributed by atoms with Crippen LogP contribution in [-0.2, 0) is 13.0 Å². The average molecular weight is 305 g/mol. The summed E-state index contributed by atoms with van der Waals surface area (Å²) in [7, 11) is 0. The lowest BCUT2D eigenvalue weighted by molar-refractivity contribution is 0.299. The van der Waals surface area contributed by atoms with Gasteiger partial charge in [-0.2, -0.15) is 0 Å². The molecule has 1 unspecified atom stereocenters. The zero-order chi connectivity index (χ0) is 15.4. The summed E-state index contributed by atoms with van der Waals surface area (Å²) in [6.07, 6.45) is 1.67. The van der Waals surface area contributed by atoms with Gasteiger partial charge in [-0.25, -0.2) is 4.98 Å². The SMILES string of the molecule is CCC(N)Cc1nc(C)ccc1OCc1nc(C)c(C)s1. The largest absolute Gasteiger partial charge is 0.485 e. The molecule has 4 nitrogen and oxygen atoms in total. The first kappa shape index (κ1) is 15.9. The molecule has 1 atom stereocenters. The Morgan fingerprint density at radius 1 is 1.24 bits per heavy atom. The monoisotopic (exact) mass is 305 g/mol. The summed E-state index contributed by atoms with van der Waals surface area (Å²) in [5, 5.41) is 0.997. The molecule has 2 heterocycles. The molecule has 114 valence electrons. The summed E-state index contributed by atoms with van der Waals surface area (Å²) in [6, 6.07) is 4.06. The van der Waals surface area contributed by atoms with Crippen LogP contribution in [0.5, 0.6) is 5.75 Å². The molecule has 0 aliphatic rings. The Kier molecular flexibility index (Phi) is 5.31. The number of aromatic nitrogens is 2. The Labute approximate surface area is 130 Å². The highest BCUT2D eigenvalue weighted by Crippen LogP contribution is 2.22. The number of thiazole rings is 1. The van der Waals surface area contributed by atoms with Gasteiger partial charge in [-0.05, 0) is 39.3 Å². The van der Waals surface area contributed by atoms with Crippen LogP contribution in [0.1, 0.15) is 40.3 Å². The summed E-state index contributed by atoms with van der Waals surface area (Å²) < 4.78 is 5.92. The van der Waals surface area contributed by atoms with Gasteiger partial charge in [-0.15, -0.1) is 11.3 Å². The number of ether oxygens (including phenoxy) is 1. The van der Waals surface area contributed by atoms with E-state index >= 15 is 0 Å². The van der Waals surface area contributed by atoms with Crippen molar-refractivity contribution >= 4 is 11.3 Å². The molecular weight excluding hydrogens is 282 g/mol. The van der Waals surface area contributed by atoms with Gasteiger partial charge < -0.3 is 10.5 Å². The number of aryl methyl sites for hydroxylation is 3. The van der Waals surface area contributed by atoms with E-state index in [2.05, 4.69) is 23.8 Å².